The summed E-state index contributed by atoms with van der Waals surface area (Å²) >= 11 is 0. The quantitative estimate of drug-likeness (QED) is 0.158. The summed E-state index contributed by atoms with van der Waals surface area (Å²) in [7, 11) is 0. The van der Waals surface area contributed by atoms with E-state index in [9.17, 15) is 5.26 Å². The molecule has 5 nitrogen and oxygen atoms in total. The van der Waals surface area contributed by atoms with Crippen LogP contribution in [0, 0.1) is 11.3 Å². The Hall–Kier alpha value is -8.49. The zero-order chi connectivity index (χ0) is 50.2. The lowest BCUT2D eigenvalue weighted by Gasteiger charge is -2.31. The first-order valence-corrected chi connectivity index (χ1v) is 25.1. The molecule has 0 saturated carbocycles. The third-order valence-corrected chi connectivity index (χ3v) is 15.7. The molecule has 4 aliphatic rings. The van der Waals surface area contributed by atoms with E-state index in [4.69, 9.17) is 0 Å². The fourth-order valence-electron chi connectivity index (χ4n) is 12.8. The molecule has 0 radical (unpaired) electrons. The van der Waals surface area contributed by atoms with E-state index in [2.05, 4.69) is 57.7 Å². The van der Waals surface area contributed by atoms with Gasteiger partial charge in [-0.3, -0.25) is 0 Å². The highest BCUT2D eigenvalue weighted by molar-refractivity contribution is 6.12. The number of allylic oxidation sites excluding steroid dienone is 4. The molecule has 6 aromatic carbocycles. The van der Waals surface area contributed by atoms with Gasteiger partial charge in [-0.1, -0.05) is 97.1 Å². The number of halogens is 6. The molecular formula is C63H43F6N5. The van der Waals surface area contributed by atoms with Gasteiger partial charge in [-0.2, -0.15) is 31.6 Å². The van der Waals surface area contributed by atoms with E-state index in [1.54, 1.807) is 0 Å². The van der Waals surface area contributed by atoms with Crippen LogP contribution in [0.25, 0.3) is 102 Å². The first-order chi connectivity index (χ1) is 36.0. The zero-order valence-corrected chi connectivity index (χ0v) is 39.7. The fourth-order valence-corrected chi connectivity index (χ4v) is 12.8. The Labute approximate surface area is 421 Å². The second-order valence-corrected chi connectivity index (χ2v) is 19.7. The highest BCUT2D eigenvalue weighted by Crippen LogP contribution is 2.53. The van der Waals surface area contributed by atoms with Gasteiger partial charge in [0.05, 0.1) is 55.9 Å². The first-order valence-electron chi connectivity index (χ1n) is 25.1. The summed E-state index contributed by atoms with van der Waals surface area (Å²) in [6, 6.07) is 36.0. The average Bonchev–Trinajstić information content (AvgIpc) is 4.20. The van der Waals surface area contributed by atoms with Gasteiger partial charge in [0.15, 0.2) is 0 Å². The van der Waals surface area contributed by atoms with E-state index in [0.717, 1.165) is 123 Å². The molecule has 0 atom stereocenters. The first kappa shape index (κ1) is 44.2. The Morgan fingerprint density at radius 1 is 0.392 bits per heavy atom. The predicted octanol–water partition coefficient (Wildman–Crippen LogP) is 16.9. The van der Waals surface area contributed by atoms with E-state index in [-0.39, 0.29) is 34.1 Å². The molecule has 4 aliphatic carbocycles. The second-order valence-electron chi connectivity index (χ2n) is 19.7. The number of para-hydroxylation sites is 4. The van der Waals surface area contributed by atoms with Gasteiger partial charge in [-0.25, -0.2) is 0 Å². The Bertz CT molecular complexity index is 4120. The lowest BCUT2D eigenvalue weighted by molar-refractivity contribution is -0.143. The molecular weight excluding hydrogens is 941 g/mol. The van der Waals surface area contributed by atoms with E-state index >= 15 is 26.3 Å². The Morgan fingerprint density at radius 2 is 0.743 bits per heavy atom. The van der Waals surface area contributed by atoms with Crippen molar-refractivity contribution in [1.82, 2.24) is 18.3 Å². The second kappa shape index (κ2) is 16.3. The van der Waals surface area contributed by atoms with Crippen molar-refractivity contribution in [3.8, 4) is 39.9 Å². The molecule has 362 valence electrons. The van der Waals surface area contributed by atoms with Crippen LogP contribution < -0.4 is 0 Å². The van der Waals surface area contributed by atoms with Crippen LogP contribution in [-0.4, -0.2) is 18.3 Å². The van der Waals surface area contributed by atoms with Crippen molar-refractivity contribution in [2.24, 2.45) is 0 Å². The Morgan fingerprint density at radius 3 is 1.18 bits per heavy atom. The molecule has 0 fully saturated rings. The van der Waals surface area contributed by atoms with Crippen LogP contribution in [0.3, 0.4) is 0 Å². The lowest BCUT2D eigenvalue weighted by Crippen LogP contribution is -2.19. The fraction of sp³-hybridized carbons (Fsp3) is 0.159. The van der Waals surface area contributed by atoms with Crippen molar-refractivity contribution in [1.29, 1.82) is 5.26 Å². The van der Waals surface area contributed by atoms with Crippen LogP contribution in [-0.2, 0) is 38.0 Å². The third-order valence-electron chi connectivity index (χ3n) is 15.7. The summed E-state index contributed by atoms with van der Waals surface area (Å²) in [4.78, 5) is 0. The molecule has 4 heterocycles. The van der Waals surface area contributed by atoms with Gasteiger partial charge in [0.2, 0.25) is 0 Å². The number of nitriles is 1. The van der Waals surface area contributed by atoms with Gasteiger partial charge in [0.1, 0.15) is 11.6 Å². The van der Waals surface area contributed by atoms with E-state index in [1.807, 2.05) is 112 Å². The minimum absolute atomic E-state index is 0.0988. The number of nitrogens with zero attached hydrogens (tertiary/aromatic N) is 5. The molecule has 0 bridgehead atoms. The number of aryl methyl sites for hydroxylation is 2. The van der Waals surface area contributed by atoms with Crippen molar-refractivity contribution >= 4 is 67.9 Å². The van der Waals surface area contributed by atoms with Gasteiger partial charge < -0.3 is 18.3 Å². The molecule has 0 saturated heterocycles. The summed E-state index contributed by atoms with van der Waals surface area (Å²) in [5, 5.41) is 16.1. The van der Waals surface area contributed by atoms with Crippen LogP contribution in [0.15, 0.2) is 140 Å². The number of alkyl halides is 6. The molecule has 74 heavy (non-hydrogen) atoms. The number of aromatic nitrogens is 4. The number of hydrogen-bond acceptors (Lipinski definition) is 1. The van der Waals surface area contributed by atoms with E-state index < -0.39 is 23.5 Å². The molecule has 0 spiro atoms. The molecule has 10 aromatic rings. The summed E-state index contributed by atoms with van der Waals surface area (Å²) in [6.45, 7) is 0. The monoisotopic (exact) mass is 983 g/mol. The Kier molecular flexibility index (Phi) is 9.72. The van der Waals surface area contributed by atoms with Crippen LogP contribution >= 0.6 is 0 Å². The van der Waals surface area contributed by atoms with Gasteiger partial charge in [0, 0.05) is 49.9 Å². The standard InChI is InChI=1S/C63H43F6N5/c64-62(65,66)38-33-37(34-39(35-38)63(67,68)69)57-60(73-53-29-13-5-21-44(53)45-22-6-14-30-54(45)73)58(71-49-25-9-1-17-40(49)41-18-2-10-26-50(41)71)48(36-70)59(72-51-27-11-3-19-42(51)43-20-4-12-28-52(43)72)61(57)74-55-31-15-7-23-46(55)47-24-8-16-32-56(47)74/h1,5,7-17,21,23-35H,2-4,6,18-20,22H2. The lowest BCUT2D eigenvalue weighted by atomic mass is 9.90. The minimum Gasteiger partial charge on any atom is -0.307 e. The van der Waals surface area contributed by atoms with Crippen molar-refractivity contribution < 1.29 is 26.3 Å². The largest absolute Gasteiger partial charge is 0.416 e. The van der Waals surface area contributed by atoms with Crippen LogP contribution in [0.2, 0.25) is 0 Å². The molecule has 14 rings (SSSR count). The van der Waals surface area contributed by atoms with Gasteiger partial charge >= 0.3 is 12.4 Å². The molecule has 0 amide bonds. The molecule has 4 aromatic heterocycles. The topological polar surface area (TPSA) is 43.5 Å². The SMILES string of the molecule is N#Cc1c(-n2c3c(c4c2C=CCC4)CCC=C3)c(-n2c3ccccc3c3ccccc32)c(-c2cc(C(F)(F)F)cc(C(F)(F)F)c2)c(-n2c3c(c4ccccc42)CCC=C3)c1-n1c2c(c3ccccc31)CCC=C2. The molecule has 0 unspecified atom stereocenters. The molecule has 0 aliphatic heterocycles. The van der Waals surface area contributed by atoms with Crippen LogP contribution in [0.4, 0.5) is 26.3 Å². The summed E-state index contributed by atoms with van der Waals surface area (Å²) in [5.41, 5.74) is 8.53. The zero-order valence-electron chi connectivity index (χ0n) is 39.7. The molecule has 0 N–H and O–H groups in total. The predicted molar refractivity (Wildman–Crippen MR) is 283 cm³/mol. The van der Waals surface area contributed by atoms with Crippen LogP contribution in [0.5, 0.6) is 0 Å². The maximum atomic E-state index is 15.7. The number of benzene rings is 6. The van der Waals surface area contributed by atoms with Crippen molar-refractivity contribution in [3.63, 3.8) is 0 Å². The number of rotatable bonds is 5. The Balaban J connectivity index is 1.35. The highest BCUT2D eigenvalue weighted by Gasteiger charge is 2.41. The highest BCUT2D eigenvalue weighted by atomic mass is 19.4. The maximum absolute atomic E-state index is 15.7. The van der Waals surface area contributed by atoms with E-state index in [0.29, 0.717) is 40.8 Å². The van der Waals surface area contributed by atoms with E-state index in [1.165, 1.54) is 0 Å². The average molecular weight is 984 g/mol. The number of hydrogen-bond donors (Lipinski definition) is 0. The maximum Gasteiger partial charge on any atom is 0.416 e. The van der Waals surface area contributed by atoms with Gasteiger partial charge in [-0.05, 0) is 146 Å². The van der Waals surface area contributed by atoms with Gasteiger partial charge in [-0.15, -0.1) is 0 Å². The van der Waals surface area contributed by atoms with Gasteiger partial charge in [0.25, 0.3) is 0 Å². The van der Waals surface area contributed by atoms with Crippen molar-refractivity contribution in [3.05, 3.63) is 201 Å². The smallest absolute Gasteiger partial charge is 0.307 e. The van der Waals surface area contributed by atoms with Crippen molar-refractivity contribution in [2.75, 3.05) is 0 Å². The summed E-state index contributed by atoms with van der Waals surface area (Å²) in [5.74, 6) is 0. The minimum atomic E-state index is -5.18. The third kappa shape index (κ3) is 6.36. The summed E-state index contributed by atoms with van der Waals surface area (Å²) in [6.07, 6.45) is 12.0. The summed E-state index contributed by atoms with van der Waals surface area (Å²) < 4.78 is 102. The van der Waals surface area contributed by atoms with Crippen molar-refractivity contribution in [2.45, 2.75) is 63.7 Å². The van der Waals surface area contributed by atoms with Crippen LogP contribution in [0.1, 0.15) is 87.4 Å². The normalized spacial score (nSPS) is 15.0. The number of fused-ring (bicyclic) bond motifs is 12. The molecule has 11 heteroatoms.